The lowest BCUT2D eigenvalue weighted by Crippen LogP contribution is -2.51. The number of imidazole rings is 1. The number of amides is 2. The van der Waals surface area contributed by atoms with Gasteiger partial charge in [0.1, 0.15) is 11.8 Å². The van der Waals surface area contributed by atoms with E-state index in [9.17, 15) is 19.5 Å². The highest BCUT2D eigenvalue weighted by Crippen LogP contribution is 2.32. The second-order valence-corrected chi connectivity index (χ2v) is 14.9. The third-order valence-corrected chi connectivity index (χ3v) is 11.1. The molecule has 5 heterocycles. The number of piperazine rings is 1. The number of ether oxygens (including phenoxy) is 1. The van der Waals surface area contributed by atoms with Crippen molar-refractivity contribution in [3.8, 4) is 28.1 Å². The van der Waals surface area contributed by atoms with Gasteiger partial charge in [-0.25, -0.2) is 4.79 Å². The number of phenolic OH excluding ortho intramolecular Hbond substituents is 1. The number of hydrogen-bond acceptors (Lipinski definition) is 11. The van der Waals surface area contributed by atoms with Crippen molar-refractivity contribution < 1.29 is 19.4 Å². The fourth-order valence-electron chi connectivity index (χ4n) is 7.96. The average Bonchev–Trinajstić information content (AvgIpc) is 3.41. The number of piperidine rings is 1. The van der Waals surface area contributed by atoms with Crippen LogP contribution in [0.2, 0.25) is 0 Å². The van der Waals surface area contributed by atoms with Crippen molar-refractivity contribution in [3.05, 3.63) is 94.4 Å². The monoisotopic (exact) mass is 745 g/mol. The van der Waals surface area contributed by atoms with Gasteiger partial charge in [0, 0.05) is 90.1 Å². The molecule has 3 saturated heterocycles. The number of carbonyl (C=O) groups is 2. The summed E-state index contributed by atoms with van der Waals surface area (Å²) >= 11 is 0. The van der Waals surface area contributed by atoms with Gasteiger partial charge < -0.3 is 20.5 Å². The molecule has 3 aromatic carbocycles. The minimum Gasteiger partial charge on any atom is -0.507 e. The quantitative estimate of drug-likeness (QED) is 0.127. The summed E-state index contributed by atoms with van der Waals surface area (Å²) in [5, 5.41) is 21.0. The standard InChI is InChI=1S/C41H47N9O5/c1-46-36-21-28(9-12-34(36)50(41(46)54)35-13-14-38(52)43-40(35)53)24-49-25-30(26-49)55-20-4-15-47-16-18-48(19-17-47)23-27-7-10-29(11-8-27)32-22-33(44-45-39(32)42)31-5-2-3-6-37(31)51/h2-3,5-12,21-22,30,35,51H,4,13-20,23-26H2,1H3,(H2,42,45)(H,43,52,53). The topological polar surface area (TPSA) is 164 Å². The number of benzene rings is 3. The van der Waals surface area contributed by atoms with Crippen molar-refractivity contribution in [2.75, 3.05) is 58.2 Å². The van der Waals surface area contributed by atoms with Crippen LogP contribution < -0.4 is 16.7 Å². The van der Waals surface area contributed by atoms with Gasteiger partial charge >= 0.3 is 5.69 Å². The molecule has 0 spiro atoms. The van der Waals surface area contributed by atoms with Crippen LogP contribution in [0.25, 0.3) is 33.4 Å². The van der Waals surface area contributed by atoms with Crippen LogP contribution in [0.4, 0.5) is 5.82 Å². The van der Waals surface area contributed by atoms with Gasteiger partial charge in [0.2, 0.25) is 11.8 Å². The Bertz CT molecular complexity index is 2250. The summed E-state index contributed by atoms with van der Waals surface area (Å²) in [5.41, 5.74) is 12.7. The van der Waals surface area contributed by atoms with Gasteiger partial charge in [0.05, 0.1) is 22.8 Å². The van der Waals surface area contributed by atoms with Crippen LogP contribution in [0.1, 0.15) is 36.4 Å². The first-order valence-electron chi connectivity index (χ1n) is 19.0. The number of nitrogen functional groups attached to an aromatic ring is 1. The molecule has 0 saturated carbocycles. The van der Waals surface area contributed by atoms with E-state index in [1.165, 1.54) is 10.1 Å². The molecule has 286 valence electrons. The number of nitrogens with zero attached hydrogens (tertiary/aromatic N) is 7. The lowest BCUT2D eigenvalue weighted by atomic mass is 10.0. The Balaban J connectivity index is 0.741. The number of phenols is 1. The molecule has 5 aromatic rings. The first kappa shape index (κ1) is 36.6. The molecule has 55 heavy (non-hydrogen) atoms. The van der Waals surface area contributed by atoms with E-state index in [1.54, 1.807) is 23.7 Å². The minimum absolute atomic E-state index is 0.154. The molecule has 0 aliphatic carbocycles. The number of para-hydroxylation sites is 1. The number of anilines is 1. The first-order valence-corrected chi connectivity index (χ1v) is 19.0. The van der Waals surface area contributed by atoms with Gasteiger partial charge in [-0.1, -0.05) is 42.5 Å². The average molecular weight is 746 g/mol. The lowest BCUT2D eigenvalue weighted by Gasteiger charge is -2.39. The van der Waals surface area contributed by atoms with Crippen LogP contribution in [0, 0.1) is 0 Å². The minimum atomic E-state index is -0.680. The number of rotatable bonds is 12. The van der Waals surface area contributed by atoms with Crippen LogP contribution >= 0.6 is 0 Å². The predicted octanol–water partition coefficient (Wildman–Crippen LogP) is 3.14. The smallest absolute Gasteiger partial charge is 0.329 e. The largest absolute Gasteiger partial charge is 0.507 e. The Morgan fingerprint density at radius 2 is 1.56 bits per heavy atom. The SMILES string of the molecule is Cn1c(=O)n(C2CCC(=O)NC2=O)c2ccc(CN3CC(OCCCN4CCN(Cc5ccc(-c6cc(-c7ccccc7O)nnc6N)cc5)CC4)C3)cc21. The Morgan fingerprint density at radius 1 is 0.836 bits per heavy atom. The number of aromatic nitrogens is 4. The molecule has 14 heteroatoms. The number of aromatic hydroxyl groups is 1. The fourth-order valence-corrected chi connectivity index (χ4v) is 7.96. The Hall–Kier alpha value is -5.41. The third kappa shape index (κ3) is 7.89. The molecule has 3 aliphatic rings. The highest BCUT2D eigenvalue weighted by Gasteiger charge is 2.32. The van der Waals surface area contributed by atoms with Gasteiger partial charge in [-0.3, -0.25) is 33.8 Å². The van der Waals surface area contributed by atoms with E-state index in [4.69, 9.17) is 10.5 Å². The number of nitrogens with two attached hydrogens (primary N) is 1. The molecular formula is C41H47N9O5. The number of imide groups is 1. The molecule has 0 radical (unpaired) electrons. The fraction of sp³-hybridized carbons (Fsp3) is 0.390. The molecule has 14 nitrogen and oxygen atoms in total. The Morgan fingerprint density at radius 3 is 2.33 bits per heavy atom. The van der Waals surface area contributed by atoms with E-state index in [0.29, 0.717) is 29.0 Å². The maximum absolute atomic E-state index is 13.1. The van der Waals surface area contributed by atoms with Gasteiger partial charge in [-0.05, 0) is 59.9 Å². The van der Waals surface area contributed by atoms with Crippen molar-refractivity contribution >= 4 is 28.7 Å². The van der Waals surface area contributed by atoms with E-state index in [0.717, 1.165) is 94.1 Å². The summed E-state index contributed by atoms with van der Waals surface area (Å²) in [6, 6.07) is 22.7. The molecule has 4 N–H and O–H groups in total. The van der Waals surface area contributed by atoms with Crippen LogP contribution in [0.5, 0.6) is 5.75 Å². The van der Waals surface area contributed by atoms with Crippen molar-refractivity contribution in [1.29, 1.82) is 0 Å². The van der Waals surface area contributed by atoms with E-state index in [1.807, 2.05) is 36.4 Å². The van der Waals surface area contributed by atoms with Crippen molar-refractivity contribution in [1.82, 2.24) is 39.3 Å². The molecule has 0 bridgehead atoms. The van der Waals surface area contributed by atoms with Crippen molar-refractivity contribution in [3.63, 3.8) is 0 Å². The molecule has 3 aliphatic heterocycles. The Labute approximate surface area is 319 Å². The van der Waals surface area contributed by atoms with Crippen LogP contribution in [0.3, 0.4) is 0 Å². The van der Waals surface area contributed by atoms with Gasteiger partial charge in [0.25, 0.3) is 0 Å². The number of carbonyl (C=O) groups excluding carboxylic acids is 2. The lowest BCUT2D eigenvalue weighted by molar-refractivity contribution is -0.135. The van der Waals surface area contributed by atoms with Gasteiger partial charge in [-0.15, -0.1) is 10.2 Å². The summed E-state index contributed by atoms with van der Waals surface area (Å²) < 4.78 is 9.30. The normalized spacial score (nSPS) is 18.8. The van der Waals surface area contributed by atoms with Crippen LogP contribution in [0.15, 0.2) is 77.6 Å². The van der Waals surface area contributed by atoms with Crippen molar-refractivity contribution in [2.24, 2.45) is 7.05 Å². The molecule has 1 atom stereocenters. The summed E-state index contributed by atoms with van der Waals surface area (Å²) in [7, 11) is 1.72. The van der Waals surface area contributed by atoms with Crippen LogP contribution in [-0.2, 0) is 34.5 Å². The highest BCUT2D eigenvalue weighted by molar-refractivity contribution is 6.00. The van der Waals surface area contributed by atoms with Crippen LogP contribution in [-0.4, -0.2) is 109 Å². The maximum atomic E-state index is 13.1. The molecule has 1 unspecified atom stereocenters. The summed E-state index contributed by atoms with van der Waals surface area (Å²) in [5.74, 6) is -0.212. The summed E-state index contributed by atoms with van der Waals surface area (Å²) in [4.78, 5) is 44.6. The predicted molar refractivity (Wildman–Crippen MR) is 209 cm³/mol. The van der Waals surface area contributed by atoms with Gasteiger partial charge in [0.15, 0.2) is 5.82 Å². The first-order chi connectivity index (χ1) is 26.7. The van der Waals surface area contributed by atoms with E-state index >= 15 is 0 Å². The molecule has 3 fully saturated rings. The van der Waals surface area contributed by atoms with Crippen molar-refractivity contribution in [2.45, 2.75) is 44.5 Å². The number of likely N-dealkylation sites (tertiary alicyclic amines) is 1. The summed E-state index contributed by atoms with van der Waals surface area (Å²) in [6.07, 6.45) is 1.78. The summed E-state index contributed by atoms with van der Waals surface area (Å²) in [6.45, 7) is 9.30. The second kappa shape index (κ2) is 15.7. The molecule has 2 aromatic heterocycles. The Kier molecular flexibility index (Phi) is 10.5. The number of hydrogen-bond donors (Lipinski definition) is 3. The zero-order chi connectivity index (χ0) is 38.1. The third-order valence-electron chi connectivity index (χ3n) is 11.1. The zero-order valence-corrected chi connectivity index (χ0v) is 31.1. The van der Waals surface area contributed by atoms with E-state index < -0.39 is 11.9 Å². The molecule has 8 rings (SSSR count). The molecular weight excluding hydrogens is 699 g/mol. The maximum Gasteiger partial charge on any atom is 0.329 e. The van der Waals surface area contributed by atoms with E-state index in [-0.39, 0.29) is 29.9 Å². The van der Waals surface area contributed by atoms with E-state index in [2.05, 4.69) is 54.5 Å². The second-order valence-electron chi connectivity index (χ2n) is 14.9. The number of aryl methyl sites for hydroxylation is 1. The molecule has 2 amide bonds. The van der Waals surface area contributed by atoms with Gasteiger partial charge in [-0.2, -0.15) is 0 Å². The number of nitrogens with one attached hydrogen (secondary N) is 1. The highest BCUT2D eigenvalue weighted by atomic mass is 16.5. The number of fused-ring (bicyclic) bond motifs is 1. The zero-order valence-electron chi connectivity index (χ0n) is 31.1.